The van der Waals surface area contributed by atoms with E-state index in [1.165, 1.54) is 29.3 Å². The Kier molecular flexibility index (Phi) is 12.2. The van der Waals surface area contributed by atoms with Crippen molar-refractivity contribution in [3.05, 3.63) is 97.1 Å². The van der Waals surface area contributed by atoms with E-state index in [-0.39, 0.29) is 11.1 Å². The molecule has 0 saturated heterocycles. The van der Waals surface area contributed by atoms with Gasteiger partial charge in [-0.2, -0.15) is 0 Å². The first kappa shape index (κ1) is 28.3. The Hall–Kier alpha value is -2.93. The summed E-state index contributed by atoms with van der Waals surface area (Å²) in [4.78, 5) is 10.5. The highest BCUT2D eigenvalue weighted by Gasteiger charge is 2.51. The van der Waals surface area contributed by atoms with Gasteiger partial charge in [0, 0.05) is 12.8 Å². The summed E-state index contributed by atoms with van der Waals surface area (Å²) in [5, 5.41) is 2.42. The molecule has 0 fully saturated rings. The van der Waals surface area contributed by atoms with Crippen LogP contribution in [-0.4, -0.2) is 20.7 Å². The van der Waals surface area contributed by atoms with E-state index < -0.39 is 8.32 Å². The van der Waals surface area contributed by atoms with Crippen molar-refractivity contribution in [3.8, 4) is 11.8 Å². The molecule has 0 unspecified atom stereocenters. The second-order valence-corrected chi connectivity index (χ2v) is 13.9. The van der Waals surface area contributed by atoms with Gasteiger partial charge in [-0.3, -0.25) is 4.79 Å². The number of hydrogen-bond acceptors (Lipinski definition) is 2. The number of unbranched alkanes of at least 4 members (excludes halogenated alkanes) is 3. The molecule has 0 N–H and O–H groups in total. The predicted octanol–water partition coefficient (Wildman–Crippen LogP) is 6.77. The Labute approximate surface area is 213 Å². The minimum Gasteiger partial charge on any atom is -0.400 e. The Morgan fingerprint density at radius 1 is 0.829 bits per heavy atom. The van der Waals surface area contributed by atoms with Crippen LogP contribution in [0.25, 0.3) is 0 Å². The van der Waals surface area contributed by atoms with Crippen LogP contribution in [0, 0.1) is 11.8 Å². The van der Waals surface area contributed by atoms with Crippen molar-refractivity contribution in [1.82, 2.24) is 0 Å². The van der Waals surface area contributed by atoms with Gasteiger partial charge in [-0.1, -0.05) is 132 Å². The van der Waals surface area contributed by atoms with E-state index in [9.17, 15) is 4.79 Å². The number of rotatable bonds is 12. The quantitative estimate of drug-likeness (QED) is 0.0829. The molecular weight excluding hydrogens is 444 g/mol. The monoisotopic (exact) mass is 484 g/mol. The molecule has 0 aliphatic rings. The van der Waals surface area contributed by atoms with Gasteiger partial charge in [0.1, 0.15) is 6.29 Å². The van der Waals surface area contributed by atoms with Crippen LogP contribution in [-0.2, 0) is 9.22 Å². The van der Waals surface area contributed by atoms with Crippen LogP contribution in [0.1, 0.15) is 59.8 Å². The number of allylic oxidation sites excluding steroid dienone is 5. The van der Waals surface area contributed by atoms with E-state index in [2.05, 4.69) is 106 Å². The van der Waals surface area contributed by atoms with Gasteiger partial charge in [-0.05, 0) is 27.9 Å². The maximum absolute atomic E-state index is 10.5. The van der Waals surface area contributed by atoms with Gasteiger partial charge in [-0.15, -0.1) is 11.8 Å². The summed E-state index contributed by atoms with van der Waals surface area (Å²) >= 11 is 0. The normalized spacial score (nSPS) is 13.3. The number of benzene rings is 2. The first-order valence-corrected chi connectivity index (χ1v) is 14.6. The zero-order chi connectivity index (χ0) is 25.4. The first-order chi connectivity index (χ1) is 17.0. The van der Waals surface area contributed by atoms with Gasteiger partial charge < -0.3 is 4.43 Å². The first-order valence-electron chi connectivity index (χ1n) is 12.7. The van der Waals surface area contributed by atoms with E-state index >= 15 is 0 Å². The molecule has 0 aromatic heterocycles. The fourth-order valence-corrected chi connectivity index (χ4v) is 8.85. The summed E-state index contributed by atoms with van der Waals surface area (Å²) < 4.78 is 7.27. The third kappa shape index (κ3) is 8.66. The van der Waals surface area contributed by atoms with Gasteiger partial charge in [0.2, 0.25) is 0 Å². The molecule has 0 amide bonds. The Bertz CT molecular complexity index is 978. The van der Waals surface area contributed by atoms with Crippen molar-refractivity contribution < 1.29 is 9.22 Å². The van der Waals surface area contributed by atoms with Gasteiger partial charge in [0.05, 0.1) is 6.10 Å². The molecule has 184 valence electrons. The zero-order valence-electron chi connectivity index (χ0n) is 21.7. The number of hydrogen-bond donors (Lipinski definition) is 0. The maximum Gasteiger partial charge on any atom is 0.261 e. The molecule has 0 aliphatic heterocycles. The molecular formula is C32H40O2Si. The van der Waals surface area contributed by atoms with Crippen LogP contribution >= 0.6 is 0 Å². The fraction of sp³-hybridized carbons (Fsp3) is 0.344. The zero-order valence-corrected chi connectivity index (χ0v) is 22.7. The molecule has 2 nitrogen and oxygen atoms in total. The van der Waals surface area contributed by atoms with Crippen molar-refractivity contribution in [3.63, 3.8) is 0 Å². The molecule has 0 aliphatic carbocycles. The SMILES string of the molecule is CCCCCC#CC[C@H](/C=C/C=C/C=C/C=O)O[Si](c1ccccc1)(c1ccccc1)C(C)(C)C. The Morgan fingerprint density at radius 3 is 1.94 bits per heavy atom. The molecule has 0 radical (unpaired) electrons. The molecule has 35 heavy (non-hydrogen) atoms. The lowest BCUT2D eigenvalue weighted by molar-refractivity contribution is -0.104. The van der Waals surface area contributed by atoms with Crippen molar-refractivity contribution in [1.29, 1.82) is 0 Å². The molecule has 2 aromatic rings. The third-order valence-corrected chi connectivity index (χ3v) is 11.0. The minimum absolute atomic E-state index is 0.0983. The summed E-state index contributed by atoms with van der Waals surface area (Å²) in [6.45, 7) is 9.09. The summed E-state index contributed by atoms with van der Waals surface area (Å²) in [6, 6.07) is 21.4. The van der Waals surface area contributed by atoms with Crippen LogP contribution in [0.5, 0.6) is 0 Å². The van der Waals surface area contributed by atoms with Crippen LogP contribution in [0.2, 0.25) is 5.04 Å². The lowest BCUT2D eigenvalue weighted by Gasteiger charge is -2.44. The molecule has 1 atom stereocenters. The molecule has 0 saturated carbocycles. The molecule has 0 bridgehead atoms. The smallest absolute Gasteiger partial charge is 0.261 e. The standard InChI is InChI=1S/C32H40O2Si/c1-5-6-7-8-10-15-22-29(23-16-11-9-12-21-28-33)34-35(32(2,3)4,30-24-17-13-18-25-30)31-26-19-14-20-27-31/h9,11-14,16-21,23-29H,5-8,22H2,1-4H3/b11-9+,21-12+,23-16+/t29-/m1/s1. The second kappa shape index (κ2) is 15.1. The van der Waals surface area contributed by atoms with E-state index in [0.717, 1.165) is 19.1 Å². The average molecular weight is 485 g/mol. The second-order valence-electron chi connectivity index (χ2n) is 9.63. The summed E-state index contributed by atoms with van der Waals surface area (Å²) in [5.41, 5.74) is 0. The highest BCUT2D eigenvalue weighted by molar-refractivity contribution is 6.99. The van der Waals surface area contributed by atoms with Crippen molar-refractivity contribution in [2.45, 2.75) is 70.9 Å². The maximum atomic E-state index is 10.5. The van der Waals surface area contributed by atoms with Crippen LogP contribution in [0.15, 0.2) is 97.1 Å². The number of carbonyl (C=O) groups is 1. The van der Waals surface area contributed by atoms with E-state index in [4.69, 9.17) is 4.43 Å². The van der Waals surface area contributed by atoms with E-state index in [1.54, 1.807) is 6.08 Å². The molecule has 2 aromatic carbocycles. The predicted molar refractivity (Wildman–Crippen MR) is 153 cm³/mol. The molecule has 3 heteroatoms. The molecule has 0 heterocycles. The number of aldehydes is 1. The van der Waals surface area contributed by atoms with Crippen LogP contribution in [0.4, 0.5) is 0 Å². The van der Waals surface area contributed by atoms with E-state index in [1.807, 2.05) is 18.2 Å². The topological polar surface area (TPSA) is 26.3 Å². The molecule has 2 rings (SSSR count). The summed E-state index contributed by atoms with van der Waals surface area (Å²) in [5.74, 6) is 6.75. The van der Waals surface area contributed by atoms with Crippen LogP contribution in [0.3, 0.4) is 0 Å². The van der Waals surface area contributed by atoms with Crippen molar-refractivity contribution in [2.24, 2.45) is 0 Å². The lowest BCUT2D eigenvalue weighted by atomic mass is 10.2. The number of carbonyl (C=O) groups excluding carboxylic acids is 1. The minimum atomic E-state index is -2.68. The lowest BCUT2D eigenvalue weighted by Crippen LogP contribution is -2.67. The Balaban J connectivity index is 2.49. The van der Waals surface area contributed by atoms with Gasteiger partial charge in [0.25, 0.3) is 8.32 Å². The average Bonchev–Trinajstić information content (AvgIpc) is 2.86. The highest BCUT2D eigenvalue weighted by atomic mass is 28.4. The van der Waals surface area contributed by atoms with Crippen LogP contribution < -0.4 is 10.4 Å². The van der Waals surface area contributed by atoms with Crippen molar-refractivity contribution >= 4 is 25.0 Å². The summed E-state index contributed by atoms with van der Waals surface area (Å²) in [7, 11) is -2.68. The fourth-order valence-electron chi connectivity index (χ4n) is 4.22. The Morgan fingerprint density at radius 2 is 1.40 bits per heavy atom. The van der Waals surface area contributed by atoms with Gasteiger partial charge in [0.15, 0.2) is 0 Å². The van der Waals surface area contributed by atoms with Gasteiger partial charge in [-0.25, -0.2) is 0 Å². The van der Waals surface area contributed by atoms with E-state index in [0.29, 0.717) is 6.42 Å². The molecule has 0 spiro atoms. The largest absolute Gasteiger partial charge is 0.400 e. The summed E-state index contributed by atoms with van der Waals surface area (Å²) in [6.07, 6.45) is 16.8. The third-order valence-electron chi connectivity index (χ3n) is 5.93. The highest BCUT2D eigenvalue weighted by Crippen LogP contribution is 2.38. The van der Waals surface area contributed by atoms with Crippen molar-refractivity contribution in [2.75, 3.05) is 0 Å². The van der Waals surface area contributed by atoms with Gasteiger partial charge >= 0.3 is 0 Å².